The zero-order chi connectivity index (χ0) is 6.73. The van der Waals surface area contributed by atoms with Crippen LogP contribution in [0.4, 0.5) is 0 Å². The van der Waals surface area contributed by atoms with Crippen LogP contribution < -0.4 is 0 Å². The van der Waals surface area contributed by atoms with E-state index < -0.39 is 18.5 Å². The van der Waals surface area contributed by atoms with Gasteiger partial charge in [0.25, 0.3) is 0 Å². The van der Waals surface area contributed by atoms with E-state index >= 15 is 0 Å². The topological polar surface area (TPSA) is 80.9 Å². The van der Waals surface area contributed by atoms with E-state index in [1.807, 2.05) is 0 Å². The Morgan fingerprint density at radius 3 is 1.38 bits per heavy atom. The van der Waals surface area contributed by atoms with Gasteiger partial charge in [-0.3, -0.25) is 0 Å². The summed E-state index contributed by atoms with van der Waals surface area (Å²) >= 11 is 0. The molecule has 0 saturated heterocycles. The predicted molar refractivity (Wildman–Crippen MR) is 25.9 cm³/mol. The molecule has 0 aromatic rings. The van der Waals surface area contributed by atoms with Crippen LogP contribution in [0.25, 0.3) is 0 Å². The summed E-state index contributed by atoms with van der Waals surface area (Å²) in [6.45, 7) is 1.27. The number of rotatable bonds is 2. The van der Waals surface area contributed by atoms with Crippen LogP contribution in [0, 0.1) is 0 Å². The third-order valence-corrected chi connectivity index (χ3v) is 0.800. The highest BCUT2D eigenvalue weighted by atomic mass is 16.5. The zero-order valence-electron chi connectivity index (χ0n) is 4.52. The zero-order valence-corrected chi connectivity index (χ0v) is 4.52. The standard InChI is InChI=1S/C4H10O4/c1-2(5)3(6)4(7)8/h2-8H,1H3. The van der Waals surface area contributed by atoms with Crippen LogP contribution in [0.2, 0.25) is 0 Å². The third kappa shape index (κ3) is 2.23. The highest BCUT2D eigenvalue weighted by Crippen LogP contribution is 1.94. The summed E-state index contributed by atoms with van der Waals surface area (Å²) in [5.74, 6) is 0. The van der Waals surface area contributed by atoms with Crippen LogP contribution in [0.1, 0.15) is 6.92 Å². The van der Waals surface area contributed by atoms with Gasteiger partial charge in [0.15, 0.2) is 6.29 Å². The number of aliphatic hydroxyl groups excluding tert-OH is 3. The Morgan fingerprint density at radius 1 is 1.00 bits per heavy atom. The predicted octanol–water partition coefficient (Wildman–Crippen LogP) is -1.96. The second-order valence-corrected chi connectivity index (χ2v) is 1.64. The van der Waals surface area contributed by atoms with Gasteiger partial charge < -0.3 is 20.4 Å². The Balaban J connectivity index is 3.46. The minimum atomic E-state index is -1.85. The Morgan fingerprint density at radius 2 is 1.38 bits per heavy atom. The van der Waals surface area contributed by atoms with Gasteiger partial charge >= 0.3 is 0 Å². The number of hydrogen-bond donors (Lipinski definition) is 4. The van der Waals surface area contributed by atoms with E-state index in [-0.39, 0.29) is 0 Å². The summed E-state index contributed by atoms with van der Waals surface area (Å²) in [4.78, 5) is 0. The molecule has 0 amide bonds. The molecule has 0 rings (SSSR count). The quantitative estimate of drug-likeness (QED) is 0.320. The molecule has 0 bridgehead atoms. The fourth-order valence-corrected chi connectivity index (χ4v) is 0.249. The maximum atomic E-state index is 8.45. The Labute approximate surface area is 47.0 Å². The van der Waals surface area contributed by atoms with Crippen molar-refractivity contribution in [1.29, 1.82) is 0 Å². The van der Waals surface area contributed by atoms with Crippen molar-refractivity contribution < 1.29 is 20.4 Å². The molecule has 50 valence electrons. The first-order chi connectivity index (χ1) is 3.55. The largest absolute Gasteiger partial charge is 0.391 e. The molecule has 4 N–H and O–H groups in total. The normalized spacial score (nSPS) is 18.8. The Bertz CT molecular complexity index is 53.1. The summed E-state index contributed by atoms with van der Waals surface area (Å²) in [6, 6.07) is 0. The van der Waals surface area contributed by atoms with Gasteiger partial charge in [0.1, 0.15) is 6.10 Å². The second-order valence-electron chi connectivity index (χ2n) is 1.64. The second kappa shape index (κ2) is 2.99. The van der Waals surface area contributed by atoms with Crippen LogP contribution in [-0.4, -0.2) is 38.9 Å². The summed E-state index contributed by atoms with van der Waals surface area (Å²) < 4.78 is 0. The molecule has 0 aliphatic heterocycles. The van der Waals surface area contributed by atoms with E-state index in [1.165, 1.54) is 6.92 Å². The Kier molecular flexibility index (Phi) is 2.93. The minimum absolute atomic E-state index is 1.10. The van der Waals surface area contributed by atoms with E-state index in [2.05, 4.69) is 0 Å². The van der Waals surface area contributed by atoms with E-state index in [1.54, 1.807) is 0 Å². The van der Waals surface area contributed by atoms with Crippen LogP contribution in [0.15, 0.2) is 0 Å². The van der Waals surface area contributed by atoms with Gasteiger partial charge in [-0.1, -0.05) is 0 Å². The van der Waals surface area contributed by atoms with Gasteiger partial charge in [-0.25, -0.2) is 0 Å². The molecule has 0 radical (unpaired) electrons. The van der Waals surface area contributed by atoms with Gasteiger partial charge in [0.2, 0.25) is 0 Å². The molecule has 0 fully saturated rings. The monoisotopic (exact) mass is 122 g/mol. The molecule has 0 heterocycles. The molecule has 8 heavy (non-hydrogen) atoms. The summed E-state index contributed by atoms with van der Waals surface area (Å²) in [5, 5.41) is 33.1. The average Bonchev–Trinajstić information content (AvgIpc) is 1.64. The lowest BCUT2D eigenvalue weighted by molar-refractivity contribution is -0.153. The van der Waals surface area contributed by atoms with Crippen LogP contribution in [-0.2, 0) is 0 Å². The lowest BCUT2D eigenvalue weighted by atomic mass is 10.2. The molecule has 0 aliphatic carbocycles. The van der Waals surface area contributed by atoms with Crippen molar-refractivity contribution >= 4 is 0 Å². The number of aliphatic hydroxyl groups is 4. The van der Waals surface area contributed by atoms with Gasteiger partial charge in [-0.2, -0.15) is 0 Å². The molecular formula is C4H10O4. The maximum Gasteiger partial charge on any atom is 0.180 e. The molecule has 0 saturated carbocycles. The molecule has 4 heteroatoms. The smallest absolute Gasteiger partial charge is 0.180 e. The first-order valence-corrected chi connectivity index (χ1v) is 2.28. The van der Waals surface area contributed by atoms with E-state index in [9.17, 15) is 0 Å². The van der Waals surface area contributed by atoms with Crippen molar-refractivity contribution in [3.63, 3.8) is 0 Å². The first-order valence-electron chi connectivity index (χ1n) is 2.28. The molecule has 2 unspecified atom stereocenters. The SMILES string of the molecule is CC(O)C(O)C(O)O. The molecular weight excluding hydrogens is 112 g/mol. The molecule has 0 aromatic carbocycles. The van der Waals surface area contributed by atoms with Crippen molar-refractivity contribution in [3.8, 4) is 0 Å². The van der Waals surface area contributed by atoms with Crippen molar-refractivity contribution in [1.82, 2.24) is 0 Å². The van der Waals surface area contributed by atoms with Gasteiger partial charge in [0, 0.05) is 0 Å². The van der Waals surface area contributed by atoms with Crippen LogP contribution in [0.5, 0.6) is 0 Å². The molecule has 0 aromatic heterocycles. The minimum Gasteiger partial charge on any atom is -0.391 e. The van der Waals surface area contributed by atoms with Crippen LogP contribution >= 0.6 is 0 Å². The van der Waals surface area contributed by atoms with Crippen molar-refractivity contribution in [3.05, 3.63) is 0 Å². The Hall–Kier alpha value is -0.160. The first kappa shape index (κ1) is 7.84. The van der Waals surface area contributed by atoms with Crippen molar-refractivity contribution in [2.75, 3.05) is 0 Å². The summed E-state index contributed by atoms with van der Waals surface area (Å²) in [6.07, 6.45) is -4.42. The molecule has 0 aliphatic rings. The van der Waals surface area contributed by atoms with E-state index in [4.69, 9.17) is 20.4 Å². The van der Waals surface area contributed by atoms with Gasteiger partial charge in [-0.15, -0.1) is 0 Å². The third-order valence-electron chi connectivity index (χ3n) is 0.800. The maximum absolute atomic E-state index is 8.45. The van der Waals surface area contributed by atoms with Crippen LogP contribution in [0.3, 0.4) is 0 Å². The average molecular weight is 122 g/mol. The number of hydrogen-bond acceptors (Lipinski definition) is 4. The molecule has 2 atom stereocenters. The summed E-state index contributed by atoms with van der Waals surface area (Å²) in [7, 11) is 0. The lowest BCUT2D eigenvalue weighted by Crippen LogP contribution is -2.34. The van der Waals surface area contributed by atoms with E-state index in [0.29, 0.717) is 0 Å². The van der Waals surface area contributed by atoms with Crippen molar-refractivity contribution in [2.45, 2.75) is 25.4 Å². The van der Waals surface area contributed by atoms with Crippen molar-refractivity contribution in [2.24, 2.45) is 0 Å². The molecule has 0 spiro atoms. The molecule has 4 nitrogen and oxygen atoms in total. The lowest BCUT2D eigenvalue weighted by Gasteiger charge is -2.14. The highest BCUT2D eigenvalue weighted by Gasteiger charge is 2.17. The highest BCUT2D eigenvalue weighted by molar-refractivity contribution is 4.61. The van der Waals surface area contributed by atoms with Gasteiger partial charge in [0.05, 0.1) is 6.10 Å². The fraction of sp³-hybridized carbons (Fsp3) is 1.00. The van der Waals surface area contributed by atoms with E-state index in [0.717, 1.165) is 0 Å². The fourth-order valence-electron chi connectivity index (χ4n) is 0.249. The summed E-state index contributed by atoms with van der Waals surface area (Å²) in [5.41, 5.74) is 0. The van der Waals surface area contributed by atoms with Gasteiger partial charge in [-0.05, 0) is 6.92 Å².